The van der Waals surface area contributed by atoms with Crippen LogP contribution in [0.25, 0.3) is 0 Å². The minimum atomic E-state index is -4.46. The first-order chi connectivity index (χ1) is 11.7. The van der Waals surface area contributed by atoms with Gasteiger partial charge in [0.2, 0.25) is 0 Å². The summed E-state index contributed by atoms with van der Waals surface area (Å²) in [5.41, 5.74) is 1.40. The number of alkyl halides is 3. The number of rotatable bonds is 3. The lowest BCUT2D eigenvalue weighted by molar-refractivity contribution is -0.122. The highest BCUT2D eigenvalue weighted by atomic mass is 32.1. The average Bonchev–Trinajstić information content (AvgIpc) is 3.07. The van der Waals surface area contributed by atoms with Crippen molar-refractivity contribution in [3.8, 4) is 0 Å². The molecule has 10 heteroatoms. The fourth-order valence-electron chi connectivity index (χ4n) is 2.98. The quantitative estimate of drug-likeness (QED) is 0.332. The van der Waals surface area contributed by atoms with Crippen LogP contribution >= 0.6 is 12.2 Å². The van der Waals surface area contributed by atoms with Gasteiger partial charge in [0.25, 0.3) is 0 Å². The van der Waals surface area contributed by atoms with Gasteiger partial charge in [0.1, 0.15) is 18.1 Å². The Balaban J connectivity index is 1.86. The van der Waals surface area contributed by atoms with Crippen molar-refractivity contribution in [2.75, 3.05) is 6.54 Å². The fourth-order valence-corrected chi connectivity index (χ4v) is 3.29. The minimum absolute atomic E-state index is 0.160. The molecule has 0 saturated carbocycles. The SMILES string of the molecule is N=C(NCC(F)(F)F)c1c[nH]c(=S)n1C1Cc2cc(F)c(F)cc2C1. The molecule has 0 amide bonds. The summed E-state index contributed by atoms with van der Waals surface area (Å²) in [5.74, 6) is -2.33. The Bertz CT molecular complexity index is 852. The van der Waals surface area contributed by atoms with Gasteiger partial charge in [-0.3, -0.25) is 5.41 Å². The number of aromatic amines is 1. The Morgan fingerprint density at radius 2 is 1.80 bits per heavy atom. The number of imidazole rings is 1. The third-order valence-corrected chi connectivity index (χ3v) is 4.37. The van der Waals surface area contributed by atoms with E-state index in [-0.39, 0.29) is 16.5 Å². The molecule has 1 aromatic carbocycles. The molecular formula is C15H13F5N4S. The van der Waals surface area contributed by atoms with Crippen LogP contribution in [0.15, 0.2) is 18.3 Å². The molecule has 3 N–H and O–H groups in total. The minimum Gasteiger partial charge on any atom is -0.360 e. The van der Waals surface area contributed by atoms with Crippen LogP contribution in [0.2, 0.25) is 0 Å². The van der Waals surface area contributed by atoms with Crippen LogP contribution in [0.5, 0.6) is 0 Å². The average molecular weight is 376 g/mol. The zero-order chi connectivity index (χ0) is 18.4. The molecule has 0 spiro atoms. The summed E-state index contributed by atoms with van der Waals surface area (Å²) in [6.45, 7) is -1.34. The van der Waals surface area contributed by atoms with Gasteiger partial charge in [0.15, 0.2) is 16.4 Å². The standard InChI is InChI=1S/C15H13F5N4S/c16-10-3-7-1-9(2-8(7)4-11(10)17)24-12(5-22-14(24)25)13(21)23-6-15(18,19)20/h3-5,9H,1-2,6H2,(H2,21,23)(H,22,25). The molecule has 1 heterocycles. The second kappa shape index (κ2) is 6.25. The number of nitrogens with zero attached hydrogens (tertiary/aromatic N) is 1. The Labute approximate surface area is 144 Å². The van der Waals surface area contributed by atoms with E-state index in [1.165, 1.54) is 10.8 Å². The molecule has 0 radical (unpaired) electrons. The molecule has 1 aliphatic carbocycles. The predicted octanol–water partition coefficient (Wildman–Crippen LogP) is 3.64. The predicted molar refractivity (Wildman–Crippen MR) is 83.3 cm³/mol. The molecule has 1 aromatic heterocycles. The summed E-state index contributed by atoms with van der Waals surface area (Å²) in [5, 5.41) is 9.85. The molecule has 0 bridgehead atoms. The van der Waals surface area contributed by atoms with E-state index >= 15 is 0 Å². The van der Waals surface area contributed by atoms with Gasteiger partial charge in [0, 0.05) is 12.2 Å². The number of fused-ring (bicyclic) bond motifs is 1. The molecule has 25 heavy (non-hydrogen) atoms. The number of hydrogen-bond acceptors (Lipinski definition) is 2. The second-order valence-corrected chi connectivity index (χ2v) is 6.18. The van der Waals surface area contributed by atoms with Crippen LogP contribution in [-0.4, -0.2) is 28.1 Å². The number of hydrogen-bond donors (Lipinski definition) is 3. The molecule has 4 nitrogen and oxygen atoms in total. The Hall–Kier alpha value is -2.23. The van der Waals surface area contributed by atoms with Crippen LogP contribution in [0, 0.1) is 21.8 Å². The first-order valence-electron chi connectivity index (χ1n) is 7.32. The zero-order valence-electron chi connectivity index (χ0n) is 12.7. The molecule has 1 aliphatic rings. The summed E-state index contributed by atoms with van der Waals surface area (Å²) >= 11 is 5.16. The molecule has 0 atom stereocenters. The number of amidine groups is 1. The zero-order valence-corrected chi connectivity index (χ0v) is 13.5. The van der Waals surface area contributed by atoms with Gasteiger partial charge < -0.3 is 14.9 Å². The van der Waals surface area contributed by atoms with Crippen molar-refractivity contribution in [2.24, 2.45) is 0 Å². The van der Waals surface area contributed by atoms with Gasteiger partial charge in [-0.15, -0.1) is 0 Å². The highest BCUT2D eigenvalue weighted by Crippen LogP contribution is 2.32. The molecule has 2 aromatic rings. The number of aromatic nitrogens is 2. The Morgan fingerprint density at radius 3 is 2.32 bits per heavy atom. The molecule has 0 fully saturated rings. The second-order valence-electron chi connectivity index (χ2n) is 5.79. The van der Waals surface area contributed by atoms with Crippen molar-refractivity contribution in [1.82, 2.24) is 14.9 Å². The maximum atomic E-state index is 13.4. The van der Waals surface area contributed by atoms with E-state index in [1.807, 2.05) is 5.32 Å². The number of benzene rings is 1. The Kier molecular flexibility index (Phi) is 4.40. The monoisotopic (exact) mass is 376 g/mol. The van der Waals surface area contributed by atoms with Gasteiger partial charge >= 0.3 is 6.18 Å². The van der Waals surface area contributed by atoms with Gasteiger partial charge in [0.05, 0.1) is 0 Å². The van der Waals surface area contributed by atoms with Crippen molar-refractivity contribution < 1.29 is 22.0 Å². The van der Waals surface area contributed by atoms with Crippen LogP contribution < -0.4 is 5.32 Å². The summed E-state index contributed by atoms with van der Waals surface area (Å²) < 4.78 is 65.5. The Morgan fingerprint density at radius 1 is 1.24 bits per heavy atom. The third-order valence-electron chi connectivity index (χ3n) is 4.05. The smallest absolute Gasteiger partial charge is 0.360 e. The van der Waals surface area contributed by atoms with E-state index in [4.69, 9.17) is 17.6 Å². The molecule has 3 rings (SSSR count). The number of halogens is 5. The maximum absolute atomic E-state index is 13.4. The van der Waals surface area contributed by atoms with Crippen molar-refractivity contribution in [1.29, 1.82) is 5.41 Å². The normalized spacial score (nSPS) is 14.6. The first-order valence-corrected chi connectivity index (χ1v) is 7.73. The molecule has 0 saturated heterocycles. The van der Waals surface area contributed by atoms with Gasteiger partial charge in [-0.25, -0.2) is 8.78 Å². The van der Waals surface area contributed by atoms with Gasteiger partial charge in [-0.05, 0) is 48.3 Å². The van der Waals surface area contributed by atoms with E-state index < -0.39 is 30.2 Å². The summed E-state index contributed by atoms with van der Waals surface area (Å²) in [4.78, 5) is 2.71. The van der Waals surface area contributed by atoms with E-state index in [9.17, 15) is 22.0 Å². The van der Waals surface area contributed by atoms with Crippen LogP contribution in [0.3, 0.4) is 0 Å². The lowest BCUT2D eigenvalue weighted by Crippen LogP contribution is -2.35. The maximum Gasteiger partial charge on any atom is 0.405 e. The first kappa shape index (κ1) is 17.6. The van der Waals surface area contributed by atoms with E-state index in [2.05, 4.69) is 4.98 Å². The topological polar surface area (TPSA) is 56.6 Å². The van der Waals surface area contributed by atoms with Gasteiger partial charge in [-0.1, -0.05) is 0 Å². The summed E-state index contributed by atoms with van der Waals surface area (Å²) in [7, 11) is 0. The largest absolute Gasteiger partial charge is 0.405 e. The highest BCUT2D eigenvalue weighted by Gasteiger charge is 2.30. The number of nitrogens with one attached hydrogen (secondary N) is 3. The fraction of sp³-hybridized carbons (Fsp3) is 0.333. The van der Waals surface area contributed by atoms with Crippen molar-refractivity contribution >= 4 is 18.1 Å². The van der Waals surface area contributed by atoms with Crippen LogP contribution in [-0.2, 0) is 12.8 Å². The van der Waals surface area contributed by atoms with E-state index in [1.54, 1.807) is 0 Å². The molecule has 0 aliphatic heterocycles. The molecular weight excluding hydrogens is 363 g/mol. The number of H-pyrrole nitrogens is 1. The molecule has 0 unspecified atom stereocenters. The van der Waals surface area contributed by atoms with E-state index in [0.29, 0.717) is 24.0 Å². The van der Waals surface area contributed by atoms with Crippen LogP contribution in [0.1, 0.15) is 22.9 Å². The lowest BCUT2D eigenvalue weighted by atomic mass is 10.1. The van der Waals surface area contributed by atoms with Crippen molar-refractivity contribution in [3.63, 3.8) is 0 Å². The third kappa shape index (κ3) is 3.58. The lowest BCUT2D eigenvalue weighted by Gasteiger charge is -2.17. The van der Waals surface area contributed by atoms with Crippen LogP contribution in [0.4, 0.5) is 22.0 Å². The van der Waals surface area contributed by atoms with Gasteiger partial charge in [-0.2, -0.15) is 13.2 Å². The van der Waals surface area contributed by atoms with E-state index in [0.717, 1.165) is 12.1 Å². The summed E-state index contributed by atoms with van der Waals surface area (Å²) in [6, 6.07) is 1.90. The highest BCUT2D eigenvalue weighted by molar-refractivity contribution is 7.71. The molecule has 134 valence electrons. The summed E-state index contributed by atoms with van der Waals surface area (Å²) in [6.07, 6.45) is -2.42. The van der Waals surface area contributed by atoms with Crippen molar-refractivity contribution in [3.05, 3.63) is 51.6 Å². The van der Waals surface area contributed by atoms with Crippen molar-refractivity contribution in [2.45, 2.75) is 25.1 Å².